The summed E-state index contributed by atoms with van der Waals surface area (Å²) in [7, 11) is 0. The third-order valence-electron chi connectivity index (χ3n) is 3.10. The van der Waals surface area contributed by atoms with Crippen LogP contribution in [-0.4, -0.2) is 11.1 Å². The molecule has 1 unspecified atom stereocenters. The summed E-state index contributed by atoms with van der Waals surface area (Å²) >= 11 is 18.8. The molecule has 0 aliphatic carbocycles. The van der Waals surface area contributed by atoms with E-state index in [2.05, 4.69) is 0 Å². The molecule has 0 saturated carbocycles. The lowest BCUT2D eigenvalue weighted by Gasteiger charge is -2.13. The van der Waals surface area contributed by atoms with Crippen LogP contribution in [0, 0.1) is 0 Å². The number of rotatable bonds is 5. The third kappa shape index (κ3) is 4.13. The Hall–Kier alpha value is -1.22. The normalized spacial score (nSPS) is 12.1. The topological polar surface area (TPSA) is 37.3 Å². The van der Waals surface area contributed by atoms with Crippen LogP contribution in [0.25, 0.3) is 11.1 Å². The van der Waals surface area contributed by atoms with Crippen molar-refractivity contribution in [2.24, 2.45) is 0 Å². The van der Waals surface area contributed by atoms with Gasteiger partial charge in [-0.15, -0.1) is 11.6 Å². The Bertz CT molecular complexity index is 618. The quantitative estimate of drug-likeness (QED) is 0.696. The molecular weight excluding hydrogens is 331 g/mol. The SMILES string of the molecule is O=C(O)CCC(Cl)c1cc(Cl)c(-c2ccccc2)c(Cl)c1. The van der Waals surface area contributed by atoms with Crippen LogP contribution in [-0.2, 0) is 4.79 Å². The molecule has 1 atom stereocenters. The standard InChI is InChI=1S/C16H13Cl3O2/c17-12(6-7-15(20)21)11-8-13(18)16(14(19)9-11)10-4-2-1-3-5-10/h1-5,8-9,12H,6-7H2,(H,20,21). The van der Waals surface area contributed by atoms with E-state index in [4.69, 9.17) is 39.9 Å². The van der Waals surface area contributed by atoms with E-state index in [0.29, 0.717) is 16.5 Å². The average Bonchev–Trinajstić information content (AvgIpc) is 2.45. The molecule has 0 saturated heterocycles. The molecule has 0 fully saturated rings. The maximum atomic E-state index is 10.6. The zero-order valence-corrected chi connectivity index (χ0v) is 13.3. The van der Waals surface area contributed by atoms with Gasteiger partial charge >= 0.3 is 5.97 Å². The van der Waals surface area contributed by atoms with Crippen molar-refractivity contribution in [1.29, 1.82) is 0 Å². The van der Waals surface area contributed by atoms with Crippen LogP contribution in [0.15, 0.2) is 42.5 Å². The second-order valence-corrected chi connectivity index (χ2v) is 5.97. The molecule has 0 aromatic heterocycles. The molecule has 0 spiro atoms. The fourth-order valence-corrected chi connectivity index (χ4v) is 3.03. The van der Waals surface area contributed by atoms with Gasteiger partial charge in [-0.3, -0.25) is 4.79 Å². The maximum absolute atomic E-state index is 10.6. The summed E-state index contributed by atoms with van der Waals surface area (Å²) in [6.07, 6.45) is 0.331. The molecular formula is C16H13Cl3O2. The number of carbonyl (C=O) groups is 1. The van der Waals surface area contributed by atoms with Gasteiger partial charge < -0.3 is 5.11 Å². The van der Waals surface area contributed by atoms with Crippen LogP contribution in [0.1, 0.15) is 23.8 Å². The van der Waals surface area contributed by atoms with E-state index in [0.717, 1.165) is 16.7 Å². The van der Waals surface area contributed by atoms with Crippen LogP contribution < -0.4 is 0 Å². The largest absolute Gasteiger partial charge is 0.481 e. The third-order valence-corrected chi connectivity index (χ3v) is 4.17. The molecule has 0 aliphatic heterocycles. The molecule has 2 aromatic rings. The number of alkyl halides is 1. The van der Waals surface area contributed by atoms with E-state index >= 15 is 0 Å². The highest BCUT2D eigenvalue weighted by Gasteiger charge is 2.16. The second-order valence-electron chi connectivity index (χ2n) is 4.63. The van der Waals surface area contributed by atoms with Crippen molar-refractivity contribution in [2.75, 3.05) is 0 Å². The molecule has 0 heterocycles. The highest BCUT2D eigenvalue weighted by molar-refractivity contribution is 6.39. The summed E-state index contributed by atoms with van der Waals surface area (Å²) in [6.45, 7) is 0. The first-order valence-corrected chi connectivity index (χ1v) is 7.58. The Morgan fingerprint density at radius 3 is 2.19 bits per heavy atom. The lowest BCUT2D eigenvalue weighted by Crippen LogP contribution is -1.99. The van der Waals surface area contributed by atoms with E-state index < -0.39 is 11.3 Å². The summed E-state index contributed by atoms with van der Waals surface area (Å²) in [6, 6.07) is 13.1. The van der Waals surface area contributed by atoms with Gasteiger partial charge in [0.25, 0.3) is 0 Å². The van der Waals surface area contributed by atoms with Gasteiger partial charge in [0.05, 0.1) is 15.4 Å². The lowest BCUT2D eigenvalue weighted by molar-refractivity contribution is -0.137. The van der Waals surface area contributed by atoms with Crippen LogP contribution in [0.3, 0.4) is 0 Å². The number of carboxylic acids is 1. The van der Waals surface area contributed by atoms with Gasteiger partial charge in [-0.25, -0.2) is 0 Å². The van der Waals surface area contributed by atoms with Gasteiger partial charge in [-0.1, -0.05) is 53.5 Å². The van der Waals surface area contributed by atoms with E-state index in [-0.39, 0.29) is 6.42 Å². The zero-order chi connectivity index (χ0) is 15.4. The fraction of sp³-hybridized carbons (Fsp3) is 0.188. The second kappa shape index (κ2) is 7.17. The Kier molecular flexibility index (Phi) is 5.51. The number of benzene rings is 2. The van der Waals surface area contributed by atoms with Gasteiger partial charge in [0.1, 0.15) is 0 Å². The molecule has 2 nitrogen and oxygen atoms in total. The Morgan fingerprint density at radius 1 is 1.10 bits per heavy atom. The zero-order valence-electron chi connectivity index (χ0n) is 11.0. The lowest BCUT2D eigenvalue weighted by atomic mass is 10.0. The summed E-state index contributed by atoms with van der Waals surface area (Å²) in [4.78, 5) is 10.6. The van der Waals surface area contributed by atoms with Crippen LogP contribution in [0.5, 0.6) is 0 Å². The minimum Gasteiger partial charge on any atom is -0.481 e. The summed E-state index contributed by atoms with van der Waals surface area (Å²) in [5.74, 6) is -0.876. The van der Waals surface area contributed by atoms with Gasteiger partial charge in [0.15, 0.2) is 0 Å². The fourth-order valence-electron chi connectivity index (χ4n) is 2.07. The average molecular weight is 344 g/mol. The Labute approximate surface area is 138 Å². The predicted molar refractivity (Wildman–Crippen MR) is 87.4 cm³/mol. The predicted octanol–water partition coefficient (Wildman–Crippen LogP) is 5.81. The molecule has 0 bridgehead atoms. The first-order chi connectivity index (χ1) is 9.99. The van der Waals surface area contributed by atoms with Gasteiger partial charge in [-0.05, 0) is 29.7 Å². The van der Waals surface area contributed by atoms with Crippen molar-refractivity contribution in [2.45, 2.75) is 18.2 Å². The van der Waals surface area contributed by atoms with Crippen molar-refractivity contribution < 1.29 is 9.90 Å². The minimum atomic E-state index is -0.876. The van der Waals surface area contributed by atoms with E-state index in [1.165, 1.54) is 0 Å². The summed E-state index contributed by atoms with van der Waals surface area (Å²) in [5.41, 5.74) is 2.41. The Balaban J connectivity index is 2.31. The highest BCUT2D eigenvalue weighted by Crippen LogP contribution is 2.39. The molecule has 0 amide bonds. The summed E-state index contributed by atoms with van der Waals surface area (Å²) in [5, 5.41) is 9.28. The van der Waals surface area contributed by atoms with E-state index in [1.807, 2.05) is 30.3 Å². The number of halogens is 3. The van der Waals surface area contributed by atoms with Crippen LogP contribution in [0.2, 0.25) is 10.0 Å². The molecule has 110 valence electrons. The molecule has 5 heteroatoms. The van der Waals surface area contributed by atoms with Crippen LogP contribution in [0.4, 0.5) is 0 Å². The van der Waals surface area contributed by atoms with Crippen molar-refractivity contribution in [3.63, 3.8) is 0 Å². The molecule has 0 radical (unpaired) electrons. The van der Waals surface area contributed by atoms with E-state index in [1.54, 1.807) is 12.1 Å². The smallest absolute Gasteiger partial charge is 0.303 e. The van der Waals surface area contributed by atoms with Crippen molar-refractivity contribution in [3.8, 4) is 11.1 Å². The highest BCUT2D eigenvalue weighted by atomic mass is 35.5. The monoisotopic (exact) mass is 342 g/mol. The molecule has 1 N–H and O–H groups in total. The number of hydrogen-bond donors (Lipinski definition) is 1. The van der Waals surface area contributed by atoms with Gasteiger partial charge in [0, 0.05) is 12.0 Å². The molecule has 2 rings (SSSR count). The number of hydrogen-bond acceptors (Lipinski definition) is 1. The molecule has 0 aliphatic rings. The van der Waals surface area contributed by atoms with Gasteiger partial charge in [-0.2, -0.15) is 0 Å². The van der Waals surface area contributed by atoms with Crippen molar-refractivity contribution >= 4 is 40.8 Å². The molecule has 21 heavy (non-hydrogen) atoms. The van der Waals surface area contributed by atoms with Crippen molar-refractivity contribution in [3.05, 3.63) is 58.1 Å². The van der Waals surface area contributed by atoms with E-state index in [9.17, 15) is 4.79 Å². The maximum Gasteiger partial charge on any atom is 0.303 e. The number of aliphatic carboxylic acids is 1. The number of carboxylic acid groups (broad SMARTS) is 1. The minimum absolute atomic E-state index is 0.00381. The van der Waals surface area contributed by atoms with Crippen LogP contribution >= 0.6 is 34.8 Å². The van der Waals surface area contributed by atoms with Crippen molar-refractivity contribution in [1.82, 2.24) is 0 Å². The first kappa shape index (κ1) is 16.2. The molecule has 2 aromatic carbocycles. The van der Waals surface area contributed by atoms with Gasteiger partial charge in [0.2, 0.25) is 0 Å². The first-order valence-electron chi connectivity index (χ1n) is 6.39. The Morgan fingerprint density at radius 2 is 1.67 bits per heavy atom. The summed E-state index contributed by atoms with van der Waals surface area (Å²) < 4.78 is 0.